The molecule has 0 aromatic carbocycles. The van der Waals surface area contributed by atoms with Gasteiger partial charge >= 0.3 is 11.9 Å². The first-order valence-electron chi connectivity index (χ1n) is 6.63. The van der Waals surface area contributed by atoms with Gasteiger partial charge in [0.15, 0.2) is 0 Å². The number of aromatic nitrogens is 2. The summed E-state index contributed by atoms with van der Waals surface area (Å²) in [5.41, 5.74) is 0.925. The predicted molar refractivity (Wildman–Crippen MR) is 73.0 cm³/mol. The van der Waals surface area contributed by atoms with Crippen LogP contribution in [0.2, 0.25) is 0 Å². The van der Waals surface area contributed by atoms with Crippen LogP contribution in [-0.2, 0) is 23.1 Å². The molecule has 0 aliphatic rings. The normalized spacial score (nSPS) is 11.9. The number of aliphatic carboxylic acids is 2. The van der Waals surface area contributed by atoms with Gasteiger partial charge in [-0.2, -0.15) is 5.10 Å². The van der Waals surface area contributed by atoms with Crippen molar-refractivity contribution >= 4 is 17.8 Å². The molecule has 3 N–H and O–H groups in total. The minimum absolute atomic E-state index is 0.0646. The highest BCUT2D eigenvalue weighted by Gasteiger charge is 2.23. The summed E-state index contributed by atoms with van der Waals surface area (Å²) < 4.78 is 1.49. The highest BCUT2D eigenvalue weighted by molar-refractivity contribution is 5.97. The minimum atomic E-state index is -1.18. The number of rotatable bonds is 8. The Morgan fingerprint density at radius 1 is 1.38 bits per heavy atom. The van der Waals surface area contributed by atoms with E-state index in [0.717, 1.165) is 0 Å². The van der Waals surface area contributed by atoms with Gasteiger partial charge in [0, 0.05) is 19.7 Å². The number of nitrogens with zero attached hydrogens (tertiary/aromatic N) is 2. The molecule has 0 radical (unpaired) electrons. The smallest absolute Gasteiger partial charge is 0.326 e. The first-order valence-corrected chi connectivity index (χ1v) is 6.63. The molecule has 8 nitrogen and oxygen atoms in total. The lowest BCUT2D eigenvalue weighted by molar-refractivity contribution is -0.140. The number of hydrogen-bond acceptors (Lipinski definition) is 4. The third-order valence-electron chi connectivity index (χ3n) is 2.97. The van der Waals surface area contributed by atoms with Gasteiger partial charge in [-0.3, -0.25) is 14.3 Å². The van der Waals surface area contributed by atoms with E-state index in [2.05, 4.69) is 10.4 Å². The monoisotopic (exact) mass is 297 g/mol. The minimum Gasteiger partial charge on any atom is -0.481 e. The maximum Gasteiger partial charge on any atom is 0.326 e. The van der Waals surface area contributed by atoms with Crippen LogP contribution in [0.1, 0.15) is 42.2 Å². The summed E-state index contributed by atoms with van der Waals surface area (Å²) in [4.78, 5) is 33.7. The van der Waals surface area contributed by atoms with Crippen molar-refractivity contribution in [1.82, 2.24) is 15.1 Å². The zero-order valence-corrected chi connectivity index (χ0v) is 12.0. The van der Waals surface area contributed by atoms with Gasteiger partial charge in [0.05, 0.1) is 11.3 Å². The summed E-state index contributed by atoms with van der Waals surface area (Å²) in [7, 11) is 1.68. The number of carboxylic acid groups (broad SMARTS) is 2. The molecule has 0 aliphatic heterocycles. The number of amides is 1. The van der Waals surface area contributed by atoms with E-state index in [1.54, 1.807) is 7.05 Å². The number of carboxylic acids is 2. The molecule has 1 atom stereocenters. The van der Waals surface area contributed by atoms with Gasteiger partial charge in [0.1, 0.15) is 6.04 Å². The molecule has 1 amide bonds. The van der Waals surface area contributed by atoms with E-state index in [0.29, 0.717) is 17.7 Å². The highest BCUT2D eigenvalue weighted by atomic mass is 16.4. The summed E-state index contributed by atoms with van der Waals surface area (Å²) >= 11 is 0. The summed E-state index contributed by atoms with van der Waals surface area (Å²) in [6.07, 6.45) is 2.20. The number of aryl methyl sites for hydroxylation is 2. The Morgan fingerprint density at radius 3 is 2.57 bits per heavy atom. The van der Waals surface area contributed by atoms with Crippen molar-refractivity contribution in [2.45, 2.75) is 38.6 Å². The third-order valence-corrected chi connectivity index (χ3v) is 2.97. The Hall–Kier alpha value is -2.38. The average molecular weight is 297 g/mol. The fourth-order valence-electron chi connectivity index (χ4n) is 1.94. The molecule has 0 saturated heterocycles. The molecule has 1 heterocycles. The van der Waals surface area contributed by atoms with Crippen molar-refractivity contribution in [3.63, 3.8) is 0 Å². The molecular weight excluding hydrogens is 278 g/mol. The molecule has 116 valence electrons. The summed E-state index contributed by atoms with van der Waals surface area (Å²) in [6, 6.07) is -1.11. The van der Waals surface area contributed by atoms with Gasteiger partial charge < -0.3 is 15.5 Å². The van der Waals surface area contributed by atoms with E-state index in [9.17, 15) is 14.4 Å². The van der Waals surface area contributed by atoms with Crippen molar-refractivity contribution in [1.29, 1.82) is 0 Å². The van der Waals surface area contributed by atoms with Crippen molar-refractivity contribution in [3.05, 3.63) is 17.5 Å². The predicted octanol–water partition coefficient (Wildman–Crippen LogP) is 0.420. The Labute approximate surface area is 121 Å². The first-order chi connectivity index (χ1) is 9.85. The lowest BCUT2D eigenvalue weighted by Gasteiger charge is -2.13. The van der Waals surface area contributed by atoms with Crippen molar-refractivity contribution < 1.29 is 24.6 Å². The lowest BCUT2D eigenvalue weighted by atomic mass is 10.1. The van der Waals surface area contributed by atoms with E-state index in [4.69, 9.17) is 10.2 Å². The number of nitrogens with one attached hydrogen (secondary N) is 1. The van der Waals surface area contributed by atoms with Gasteiger partial charge in [-0.05, 0) is 19.3 Å². The Bertz CT molecular complexity index is 538. The number of carbonyl (C=O) groups excluding carboxylic acids is 1. The van der Waals surface area contributed by atoms with Gasteiger partial charge in [-0.25, -0.2) is 4.79 Å². The van der Waals surface area contributed by atoms with Crippen molar-refractivity contribution in [3.8, 4) is 0 Å². The molecule has 0 fully saturated rings. The van der Waals surface area contributed by atoms with E-state index in [1.807, 2.05) is 6.92 Å². The first kappa shape index (κ1) is 16.7. The molecule has 1 aromatic rings. The van der Waals surface area contributed by atoms with Crippen LogP contribution >= 0.6 is 0 Å². The molecule has 0 saturated carbocycles. The Kier molecular flexibility index (Phi) is 5.89. The second kappa shape index (κ2) is 7.41. The van der Waals surface area contributed by atoms with E-state index < -0.39 is 23.9 Å². The summed E-state index contributed by atoms with van der Waals surface area (Å²) in [6.45, 7) is 1.85. The molecule has 21 heavy (non-hydrogen) atoms. The Morgan fingerprint density at radius 2 is 2.05 bits per heavy atom. The molecule has 0 aliphatic carbocycles. The van der Waals surface area contributed by atoms with Crippen LogP contribution in [0.25, 0.3) is 0 Å². The standard InChI is InChI=1S/C13H19N3O5/c1-3-9-8(7-16(2)15-9)12(19)14-10(13(20)21)5-4-6-11(17)18/h7,10H,3-6H2,1-2H3,(H,14,19)(H,17,18)(H,20,21)/t10-/m1/s1. The highest BCUT2D eigenvalue weighted by Crippen LogP contribution is 2.09. The van der Waals surface area contributed by atoms with Crippen LogP contribution in [0.15, 0.2) is 6.20 Å². The maximum atomic E-state index is 12.1. The molecule has 0 spiro atoms. The quantitative estimate of drug-likeness (QED) is 0.639. The van der Waals surface area contributed by atoms with E-state index in [1.165, 1.54) is 10.9 Å². The zero-order chi connectivity index (χ0) is 16.0. The van der Waals surface area contributed by atoms with Gasteiger partial charge in [0.2, 0.25) is 0 Å². The van der Waals surface area contributed by atoms with Crippen LogP contribution in [0, 0.1) is 0 Å². The lowest BCUT2D eigenvalue weighted by Crippen LogP contribution is -2.41. The number of carbonyl (C=O) groups is 3. The SMILES string of the molecule is CCc1nn(C)cc1C(=O)N[C@H](CCCC(=O)O)C(=O)O. The van der Waals surface area contributed by atoms with Gasteiger partial charge in [-0.15, -0.1) is 0 Å². The molecule has 1 aromatic heterocycles. The molecule has 1 rings (SSSR count). The van der Waals surface area contributed by atoms with Crippen LogP contribution in [0.5, 0.6) is 0 Å². The third kappa shape index (κ3) is 4.90. The molecule has 0 bridgehead atoms. The topological polar surface area (TPSA) is 122 Å². The van der Waals surface area contributed by atoms with Crippen LogP contribution in [0.3, 0.4) is 0 Å². The summed E-state index contributed by atoms with van der Waals surface area (Å²) in [5.74, 6) is -2.69. The zero-order valence-electron chi connectivity index (χ0n) is 12.0. The van der Waals surface area contributed by atoms with E-state index in [-0.39, 0.29) is 19.3 Å². The molecular formula is C13H19N3O5. The fraction of sp³-hybridized carbons (Fsp3) is 0.538. The van der Waals surface area contributed by atoms with Gasteiger partial charge in [0.25, 0.3) is 5.91 Å². The largest absolute Gasteiger partial charge is 0.481 e. The van der Waals surface area contributed by atoms with Crippen molar-refractivity contribution in [2.75, 3.05) is 0 Å². The van der Waals surface area contributed by atoms with E-state index >= 15 is 0 Å². The maximum absolute atomic E-state index is 12.1. The van der Waals surface area contributed by atoms with Crippen molar-refractivity contribution in [2.24, 2.45) is 7.05 Å². The molecule has 0 unspecified atom stereocenters. The van der Waals surface area contributed by atoms with Crippen LogP contribution in [-0.4, -0.2) is 43.9 Å². The Balaban J connectivity index is 2.71. The van der Waals surface area contributed by atoms with Gasteiger partial charge in [-0.1, -0.05) is 6.92 Å². The van der Waals surface area contributed by atoms with Crippen LogP contribution in [0.4, 0.5) is 0 Å². The average Bonchev–Trinajstić information content (AvgIpc) is 2.78. The second-order valence-electron chi connectivity index (χ2n) is 4.67. The second-order valence-corrected chi connectivity index (χ2v) is 4.67. The molecule has 8 heteroatoms. The van der Waals surface area contributed by atoms with Crippen LogP contribution < -0.4 is 5.32 Å². The fourth-order valence-corrected chi connectivity index (χ4v) is 1.94. The summed E-state index contributed by atoms with van der Waals surface area (Å²) in [5, 5.41) is 24.2. The number of hydrogen-bond donors (Lipinski definition) is 3.